The maximum Gasteiger partial charge on any atom is 0.135 e. The molecule has 0 aromatic heterocycles. The van der Waals surface area contributed by atoms with E-state index in [1.54, 1.807) is 0 Å². The number of rotatable bonds is 18. The molecule has 224 valence electrons. The third kappa shape index (κ3) is 10.0. The van der Waals surface area contributed by atoms with E-state index in [-0.39, 0.29) is 79.3 Å². The molecular formula is C32H54O7. The van der Waals surface area contributed by atoms with Gasteiger partial charge in [0, 0.05) is 25.7 Å². The molecule has 3 fully saturated rings. The summed E-state index contributed by atoms with van der Waals surface area (Å²) in [4.78, 5) is 24.9. The standard InChI is InChI=1S/C32H54O7/c1-7-20(4)8-12-26-13-15-28(37-26)21(5)16-23(33)9-10-24(34)18-25(35)11-14-27(36)31-22(6)17-29(38-31)32-30(39-32)19(2)3/h7,19-22,25-32,35-36H,1,8-18H2,2-6H3/t20?,21-,22-,25-,26+,27+,28+,29-,30+,31-,32+/m1/s1. The quantitative estimate of drug-likeness (QED) is 0.179. The first-order valence-corrected chi connectivity index (χ1v) is 15.5. The summed E-state index contributed by atoms with van der Waals surface area (Å²) >= 11 is 0. The Balaban J connectivity index is 1.27. The van der Waals surface area contributed by atoms with E-state index in [0.717, 1.165) is 32.1 Å². The van der Waals surface area contributed by atoms with Crippen LogP contribution in [0.1, 0.15) is 105 Å². The van der Waals surface area contributed by atoms with Crippen molar-refractivity contribution < 1.29 is 34.0 Å². The van der Waals surface area contributed by atoms with Gasteiger partial charge in [-0.3, -0.25) is 9.59 Å². The first kappa shape index (κ1) is 32.4. The average Bonchev–Trinajstić information content (AvgIpc) is 3.39. The fourth-order valence-electron chi connectivity index (χ4n) is 6.34. The number of aliphatic hydroxyl groups is 2. The van der Waals surface area contributed by atoms with Gasteiger partial charge >= 0.3 is 0 Å². The molecule has 3 saturated heterocycles. The van der Waals surface area contributed by atoms with Crippen molar-refractivity contribution in [3.05, 3.63) is 12.7 Å². The highest BCUT2D eigenvalue weighted by Gasteiger charge is 2.52. The Morgan fingerprint density at radius 3 is 2.26 bits per heavy atom. The number of carbonyl (C=O) groups is 2. The van der Waals surface area contributed by atoms with Gasteiger partial charge in [-0.1, -0.05) is 40.7 Å². The van der Waals surface area contributed by atoms with Crippen molar-refractivity contribution in [2.75, 3.05) is 0 Å². The van der Waals surface area contributed by atoms with Gasteiger partial charge < -0.3 is 24.4 Å². The van der Waals surface area contributed by atoms with Gasteiger partial charge in [-0.2, -0.15) is 0 Å². The van der Waals surface area contributed by atoms with Crippen LogP contribution in [-0.2, 0) is 23.8 Å². The molecule has 0 saturated carbocycles. The molecular weight excluding hydrogens is 496 g/mol. The number of ketones is 2. The molecule has 0 aliphatic carbocycles. The van der Waals surface area contributed by atoms with Gasteiger partial charge in [-0.15, -0.1) is 6.58 Å². The topological polar surface area (TPSA) is 106 Å². The number of allylic oxidation sites excluding steroid dienone is 1. The van der Waals surface area contributed by atoms with Crippen LogP contribution in [0.15, 0.2) is 12.7 Å². The van der Waals surface area contributed by atoms with Crippen LogP contribution in [-0.4, -0.2) is 70.6 Å². The van der Waals surface area contributed by atoms with Crippen LogP contribution in [0.2, 0.25) is 0 Å². The largest absolute Gasteiger partial charge is 0.393 e. The minimum Gasteiger partial charge on any atom is -0.393 e. The molecule has 11 atom stereocenters. The third-order valence-corrected chi connectivity index (χ3v) is 9.07. The average molecular weight is 551 g/mol. The van der Waals surface area contributed by atoms with Crippen molar-refractivity contribution >= 4 is 11.6 Å². The van der Waals surface area contributed by atoms with E-state index in [0.29, 0.717) is 31.1 Å². The number of hydrogen-bond donors (Lipinski definition) is 2. The molecule has 7 heteroatoms. The predicted octanol–water partition coefficient (Wildman–Crippen LogP) is 5.19. The number of carbonyl (C=O) groups excluding carboxylic acids is 2. The van der Waals surface area contributed by atoms with Gasteiger partial charge in [0.25, 0.3) is 0 Å². The van der Waals surface area contributed by atoms with Crippen LogP contribution in [0.4, 0.5) is 0 Å². The number of aliphatic hydroxyl groups excluding tert-OH is 2. The van der Waals surface area contributed by atoms with Gasteiger partial charge in [-0.05, 0) is 68.6 Å². The van der Waals surface area contributed by atoms with E-state index in [9.17, 15) is 19.8 Å². The maximum absolute atomic E-state index is 12.5. The SMILES string of the molecule is C=CC(C)CC[C@H]1CC[C@@H]([C@H](C)CC(=O)CCC(=O)C[C@H](O)CC[C@H](O)[C@@H]2O[C@@H]([C@@H]3O[C@H]3C(C)C)C[C@H]2C)O1. The van der Waals surface area contributed by atoms with E-state index in [1.807, 2.05) is 6.08 Å². The second-order valence-electron chi connectivity index (χ2n) is 13.1. The van der Waals surface area contributed by atoms with Gasteiger partial charge in [0.2, 0.25) is 0 Å². The normalized spacial score (nSPS) is 33.6. The van der Waals surface area contributed by atoms with Crippen molar-refractivity contribution in [1.82, 2.24) is 0 Å². The Kier molecular flexibility index (Phi) is 12.6. The molecule has 3 heterocycles. The summed E-state index contributed by atoms with van der Waals surface area (Å²) < 4.78 is 18.1. The monoisotopic (exact) mass is 550 g/mol. The van der Waals surface area contributed by atoms with E-state index < -0.39 is 12.2 Å². The number of Topliss-reactive ketones (excluding diaryl/α,β-unsaturated/α-hetero) is 2. The highest BCUT2D eigenvalue weighted by Crippen LogP contribution is 2.41. The lowest BCUT2D eigenvalue weighted by molar-refractivity contribution is -0.126. The van der Waals surface area contributed by atoms with Crippen LogP contribution in [0, 0.1) is 23.7 Å². The van der Waals surface area contributed by atoms with Gasteiger partial charge in [0.05, 0.1) is 42.7 Å². The van der Waals surface area contributed by atoms with Crippen molar-refractivity contribution in [3.8, 4) is 0 Å². The van der Waals surface area contributed by atoms with Crippen molar-refractivity contribution in [3.63, 3.8) is 0 Å². The van der Waals surface area contributed by atoms with Crippen LogP contribution in [0.25, 0.3) is 0 Å². The molecule has 39 heavy (non-hydrogen) atoms. The number of epoxide rings is 1. The Bertz CT molecular complexity index is 797. The van der Waals surface area contributed by atoms with Crippen LogP contribution in [0.3, 0.4) is 0 Å². The van der Waals surface area contributed by atoms with E-state index in [2.05, 4.69) is 41.2 Å². The van der Waals surface area contributed by atoms with Gasteiger partial charge in [0.1, 0.15) is 17.7 Å². The fraction of sp³-hybridized carbons (Fsp3) is 0.875. The minimum absolute atomic E-state index is 0.0157. The summed E-state index contributed by atoms with van der Waals surface area (Å²) in [6.07, 6.45) is 7.46. The van der Waals surface area contributed by atoms with Gasteiger partial charge in [-0.25, -0.2) is 0 Å². The number of hydrogen-bond acceptors (Lipinski definition) is 7. The summed E-state index contributed by atoms with van der Waals surface area (Å²) in [5.41, 5.74) is 0. The van der Waals surface area contributed by atoms with E-state index in [1.165, 1.54) is 0 Å². The molecule has 0 spiro atoms. The lowest BCUT2D eigenvalue weighted by Crippen LogP contribution is -2.32. The maximum atomic E-state index is 12.5. The molecule has 7 nitrogen and oxygen atoms in total. The molecule has 1 unspecified atom stereocenters. The molecule has 2 N–H and O–H groups in total. The molecule has 0 aromatic rings. The van der Waals surface area contributed by atoms with Crippen molar-refractivity contribution in [2.45, 2.75) is 154 Å². The predicted molar refractivity (Wildman–Crippen MR) is 151 cm³/mol. The summed E-state index contributed by atoms with van der Waals surface area (Å²) in [6, 6.07) is 0. The fourth-order valence-corrected chi connectivity index (χ4v) is 6.34. The Hall–Kier alpha value is -1.12. The minimum atomic E-state index is -0.821. The summed E-state index contributed by atoms with van der Waals surface area (Å²) in [5.74, 6) is 1.28. The molecule has 3 rings (SSSR count). The zero-order valence-electron chi connectivity index (χ0n) is 24.9. The zero-order valence-corrected chi connectivity index (χ0v) is 24.9. The molecule has 3 aliphatic heterocycles. The van der Waals surface area contributed by atoms with Crippen LogP contribution in [0.5, 0.6) is 0 Å². The Morgan fingerprint density at radius 1 is 0.923 bits per heavy atom. The van der Waals surface area contributed by atoms with E-state index in [4.69, 9.17) is 14.2 Å². The summed E-state index contributed by atoms with van der Waals surface area (Å²) in [7, 11) is 0. The van der Waals surface area contributed by atoms with Crippen LogP contribution >= 0.6 is 0 Å². The second kappa shape index (κ2) is 15.2. The molecule has 3 aliphatic rings. The summed E-state index contributed by atoms with van der Waals surface area (Å²) in [5, 5.41) is 21.1. The first-order valence-electron chi connectivity index (χ1n) is 15.5. The van der Waals surface area contributed by atoms with Crippen molar-refractivity contribution in [1.29, 1.82) is 0 Å². The van der Waals surface area contributed by atoms with Crippen LogP contribution < -0.4 is 0 Å². The highest BCUT2D eigenvalue weighted by atomic mass is 16.6. The molecule has 0 bridgehead atoms. The Labute approximate surface area is 236 Å². The van der Waals surface area contributed by atoms with Gasteiger partial charge in [0.15, 0.2) is 0 Å². The zero-order chi connectivity index (χ0) is 28.7. The molecule has 0 aromatic carbocycles. The highest BCUT2D eigenvalue weighted by molar-refractivity contribution is 5.86. The lowest BCUT2D eigenvalue weighted by Gasteiger charge is -2.23. The smallest absolute Gasteiger partial charge is 0.135 e. The van der Waals surface area contributed by atoms with E-state index >= 15 is 0 Å². The second-order valence-corrected chi connectivity index (χ2v) is 13.1. The third-order valence-electron chi connectivity index (χ3n) is 9.07. The lowest BCUT2D eigenvalue weighted by atomic mass is 9.92. The number of ether oxygens (including phenoxy) is 3. The Morgan fingerprint density at radius 2 is 1.62 bits per heavy atom. The first-order chi connectivity index (χ1) is 18.5. The molecule has 0 radical (unpaired) electrons. The summed E-state index contributed by atoms with van der Waals surface area (Å²) in [6.45, 7) is 14.4. The molecule has 0 amide bonds. The van der Waals surface area contributed by atoms with Crippen molar-refractivity contribution in [2.24, 2.45) is 23.7 Å².